The Labute approximate surface area is 219 Å². The van der Waals surface area contributed by atoms with Crippen LogP contribution < -0.4 is 15.1 Å². The number of halogens is 2. The Morgan fingerprint density at radius 2 is 1.70 bits per heavy atom. The maximum absolute atomic E-state index is 14.0. The fourth-order valence-corrected chi connectivity index (χ4v) is 5.06. The van der Waals surface area contributed by atoms with Crippen LogP contribution >= 0.6 is 15.9 Å². The molecule has 0 fully saturated rings. The van der Waals surface area contributed by atoms with Crippen molar-refractivity contribution in [1.29, 1.82) is 0 Å². The van der Waals surface area contributed by atoms with Gasteiger partial charge in [-0.25, -0.2) is 4.39 Å². The molecule has 1 unspecified atom stereocenters. The average molecular weight is 556 g/mol. The summed E-state index contributed by atoms with van der Waals surface area (Å²) < 4.78 is 26.8. The van der Waals surface area contributed by atoms with E-state index in [2.05, 4.69) is 15.9 Å². The van der Waals surface area contributed by atoms with Crippen molar-refractivity contribution in [3.8, 4) is 5.75 Å². The van der Waals surface area contributed by atoms with Crippen LogP contribution in [0.1, 0.15) is 33.3 Å². The Hall–Kier alpha value is -4.23. The summed E-state index contributed by atoms with van der Waals surface area (Å²) in [5.41, 5.74) is 2.15. The second-order valence-electron chi connectivity index (χ2n) is 8.72. The van der Waals surface area contributed by atoms with Gasteiger partial charge in [-0.3, -0.25) is 14.5 Å². The maximum Gasteiger partial charge on any atom is 0.295 e. The number of hydrogen-bond acceptors (Lipinski definition) is 4. The molecule has 182 valence electrons. The summed E-state index contributed by atoms with van der Waals surface area (Å²) in [5, 5.41) is 0.0872. The number of benzene rings is 4. The highest BCUT2D eigenvalue weighted by Gasteiger charge is 2.43. The Morgan fingerprint density at radius 1 is 0.892 bits per heavy atom. The van der Waals surface area contributed by atoms with Crippen LogP contribution in [-0.2, 0) is 6.61 Å². The van der Waals surface area contributed by atoms with Crippen LogP contribution in [0, 0.1) is 5.82 Å². The lowest BCUT2D eigenvalue weighted by molar-refractivity contribution is 0.0971. The van der Waals surface area contributed by atoms with Crippen LogP contribution in [0.15, 0.2) is 111 Å². The van der Waals surface area contributed by atoms with Gasteiger partial charge in [0, 0.05) is 10.2 Å². The Kier molecular flexibility index (Phi) is 5.85. The third-order valence-corrected chi connectivity index (χ3v) is 6.83. The summed E-state index contributed by atoms with van der Waals surface area (Å²) in [5.74, 6) is -0.463. The third-order valence-electron chi connectivity index (χ3n) is 6.34. The largest absolute Gasteiger partial charge is 0.489 e. The topological polar surface area (TPSA) is 59.8 Å². The zero-order chi connectivity index (χ0) is 25.5. The molecule has 1 aliphatic heterocycles. The summed E-state index contributed by atoms with van der Waals surface area (Å²) in [6.45, 7) is 0.367. The zero-order valence-corrected chi connectivity index (χ0v) is 20.9. The van der Waals surface area contributed by atoms with E-state index < -0.39 is 23.2 Å². The van der Waals surface area contributed by atoms with Gasteiger partial charge in [0.25, 0.3) is 5.91 Å². The first kappa shape index (κ1) is 23.2. The molecular weight excluding hydrogens is 537 g/mol. The molecule has 1 amide bonds. The van der Waals surface area contributed by atoms with Gasteiger partial charge in [-0.2, -0.15) is 0 Å². The first-order chi connectivity index (χ1) is 18.0. The number of carbonyl (C=O) groups is 1. The smallest absolute Gasteiger partial charge is 0.295 e. The molecule has 37 heavy (non-hydrogen) atoms. The SMILES string of the molecule is O=C1c2oc3ccc(F)cc3c(=O)c2C(c2cccc(OCc3ccccc3)c2)N1c1cccc(Br)c1. The van der Waals surface area contributed by atoms with Crippen molar-refractivity contribution in [2.45, 2.75) is 12.6 Å². The van der Waals surface area contributed by atoms with Gasteiger partial charge < -0.3 is 9.15 Å². The van der Waals surface area contributed by atoms with Crippen molar-refractivity contribution in [3.63, 3.8) is 0 Å². The predicted octanol–water partition coefficient (Wildman–Crippen LogP) is 7.02. The summed E-state index contributed by atoms with van der Waals surface area (Å²) in [7, 11) is 0. The van der Waals surface area contributed by atoms with Gasteiger partial charge in [0.05, 0.1) is 17.0 Å². The van der Waals surface area contributed by atoms with Crippen molar-refractivity contribution in [2.75, 3.05) is 4.90 Å². The molecule has 7 heteroatoms. The van der Waals surface area contributed by atoms with E-state index in [0.29, 0.717) is 23.6 Å². The van der Waals surface area contributed by atoms with Crippen molar-refractivity contribution in [3.05, 3.63) is 140 Å². The lowest BCUT2D eigenvalue weighted by Gasteiger charge is -2.25. The first-order valence-electron chi connectivity index (χ1n) is 11.6. The van der Waals surface area contributed by atoms with Gasteiger partial charge in [0.2, 0.25) is 5.76 Å². The highest BCUT2D eigenvalue weighted by atomic mass is 79.9. The van der Waals surface area contributed by atoms with Gasteiger partial charge in [0.1, 0.15) is 23.8 Å². The first-order valence-corrected chi connectivity index (χ1v) is 12.4. The van der Waals surface area contributed by atoms with Gasteiger partial charge in [-0.1, -0.05) is 64.5 Å². The van der Waals surface area contributed by atoms with E-state index in [1.165, 1.54) is 17.0 Å². The number of rotatable bonds is 5. The number of nitrogens with zero attached hydrogens (tertiary/aromatic N) is 1. The van der Waals surface area contributed by atoms with Crippen molar-refractivity contribution in [1.82, 2.24) is 0 Å². The molecule has 0 bridgehead atoms. The summed E-state index contributed by atoms with van der Waals surface area (Å²) >= 11 is 3.47. The molecule has 0 spiro atoms. The Balaban J connectivity index is 1.50. The minimum atomic E-state index is -0.791. The van der Waals surface area contributed by atoms with Crippen molar-refractivity contribution in [2.24, 2.45) is 0 Å². The quantitative estimate of drug-likeness (QED) is 0.234. The number of fused-ring (bicyclic) bond motifs is 2. The van der Waals surface area contributed by atoms with Crippen molar-refractivity contribution < 1.29 is 18.3 Å². The van der Waals surface area contributed by atoms with Crippen molar-refractivity contribution >= 4 is 38.5 Å². The number of ether oxygens (including phenoxy) is 1. The molecule has 5 nitrogen and oxygen atoms in total. The van der Waals surface area contributed by atoms with Crippen LogP contribution in [0.2, 0.25) is 0 Å². The van der Waals surface area contributed by atoms with E-state index in [-0.39, 0.29) is 22.3 Å². The number of anilines is 1. The zero-order valence-electron chi connectivity index (χ0n) is 19.4. The van der Waals surface area contributed by atoms with E-state index in [4.69, 9.17) is 9.15 Å². The predicted molar refractivity (Wildman–Crippen MR) is 142 cm³/mol. The van der Waals surface area contributed by atoms with Gasteiger partial charge in [0.15, 0.2) is 5.43 Å². The van der Waals surface area contributed by atoms with E-state index in [1.54, 1.807) is 12.1 Å². The number of hydrogen-bond donors (Lipinski definition) is 0. The average Bonchev–Trinajstić information content (AvgIpc) is 3.21. The fraction of sp³-hybridized carbons (Fsp3) is 0.0667. The molecule has 0 saturated heterocycles. The highest BCUT2D eigenvalue weighted by Crippen LogP contribution is 2.42. The van der Waals surface area contributed by atoms with Crippen LogP contribution in [0.25, 0.3) is 11.0 Å². The molecule has 1 atom stereocenters. The lowest BCUT2D eigenvalue weighted by atomic mass is 9.98. The van der Waals surface area contributed by atoms with Gasteiger partial charge >= 0.3 is 0 Å². The molecule has 1 aliphatic rings. The lowest BCUT2D eigenvalue weighted by Crippen LogP contribution is -2.29. The maximum atomic E-state index is 14.0. The monoisotopic (exact) mass is 555 g/mol. The van der Waals surface area contributed by atoms with Crippen LogP contribution in [0.3, 0.4) is 0 Å². The minimum Gasteiger partial charge on any atom is -0.489 e. The van der Waals surface area contributed by atoms with E-state index in [1.807, 2.05) is 66.7 Å². The second kappa shape index (κ2) is 9.33. The summed E-state index contributed by atoms with van der Waals surface area (Å²) in [6, 6.07) is 27.3. The summed E-state index contributed by atoms with van der Waals surface area (Å²) in [4.78, 5) is 29.0. The van der Waals surface area contributed by atoms with Crippen LogP contribution in [0.5, 0.6) is 5.75 Å². The molecule has 0 saturated carbocycles. The van der Waals surface area contributed by atoms with E-state index in [0.717, 1.165) is 16.1 Å². The molecule has 0 N–H and O–H groups in total. The summed E-state index contributed by atoms with van der Waals surface area (Å²) in [6.07, 6.45) is 0. The Bertz CT molecular complexity index is 1720. The van der Waals surface area contributed by atoms with Crippen LogP contribution in [-0.4, -0.2) is 5.91 Å². The molecule has 0 radical (unpaired) electrons. The number of amides is 1. The van der Waals surface area contributed by atoms with Gasteiger partial charge in [-0.15, -0.1) is 0 Å². The Morgan fingerprint density at radius 3 is 2.51 bits per heavy atom. The highest BCUT2D eigenvalue weighted by molar-refractivity contribution is 9.10. The minimum absolute atomic E-state index is 0.0512. The number of carbonyl (C=O) groups excluding carboxylic acids is 1. The van der Waals surface area contributed by atoms with Gasteiger partial charge in [-0.05, 0) is 59.7 Å². The molecular formula is C30H19BrFNO4. The fourth-order valence-electron chi connectivity index (χ4n) is 4.67. The standard InChI is InChI=1S/C30H19BrFNO4/c31-20-9-5-10-22(15-20)33-27(19-8-4-11-23(14-19)36-17-18-6-2-1-3-7-18)26-28(34)24-16-21(32)12-13-25(24)37-29(26)30(33)35/h1-16,27H,17H2. The normalized spacial score (nSPS) is 14.7. The van der Waals surface area contributed by atoms with E-state index >= 15 is 0 Å². The molecule has 5 aromatic rings. The second-order valence-corrected chi connectivity index (χ2v) is 9.63. The molecule has 0 aliphatic carbocycles. The molecule has 2 heterocycles. The molecule has 4 aromatic carbocycles. The van der Waals surface area contributed by atoms with E-state index in [9.17, 15) is 14.0 Å². The third kappa shape index (κ3) is 4.21. The molecule has 6 rings (SSSR count). The van der Waals surface area contributed by atoms with Crippen LogP contribution in [0.4, 0.5) is 10.1 Å². The molecule has 1 aromatic heterocycles.